The lowest BCUT2D eigenvalue weighted by Crippen LogP contribution is -2.16. The summed E-state index contributed by atoms with van der Waals surface area (Å²) < 4.78 is 45.1. The summed E-state index contributed by atoms with van der Waals surface area (Å²) in [5.74, 6) is -3.44. The van der Waals surface area contributed by atoms with Gasteiger partial charge in [-0.3, -0.25) is 0 Å². The Morgan fingerprint density at radius 3 is 2.71 bits per heavy atom. The van der Waals surface area contributed by atoms with Crippen molar-refractivity contribution in [2.45, 2.75) is 26.2 Å². The number of nitrogens with one attached hydrogen (secondary N) is 1. The van der Waals surface area contributed by atoms with Crippen LogP contribution in [0.15, 0.2) is 22.7 Å². The third kappa shape index (κ3) is 3.85. The molecule has 0 aliphatic rings. The Morgan fingerprint density at radius 2 is 1.95 bits per heavy atom. The van der Waals surface area contributed by atoms with Crippen molar-refractivity contribution in [1.82, 2.24) is 10.3 Å². The van der Waals surface area contributed by atoms with Crippen molar-refractivity contribution in [3.05, 3.63) is 41.7 Å². The number of nitrogens with zero attached hydrogens (tertiary/aromatic N) is 1. The van der Waals surface area contributed by atoms with E-state index < -0.39 is 17.5 Å². The zero-order chi connectivity index (χ0) is 15.2. The van der Waals surface area contributed by atoms with Crippen molar-refractivity contribution in [2.24, 2.45) is 0 Å². The first kappa shape index (κ1) is 15.6. The predicted octanol–water partition coefficient (Wildman–Crippen LogP) is 3.69. The molecule has 2 rings (SSSR count). The molecule has 0 amide bonds. The van der Waals surface area contributed by atoms with E-state index in [4.69, 9.17) is 4.42 Å². The largest absolute Gasteiger partial charge is 0.441 e. The van der Waals surface area contributed by atoms with E-state index in [0.29, 0.717) is 12.3 Å². The van der Waals surface area contributed by atoms with Gasteiger partial charge in [-0.05, 0) is 38.1 Å². The number of hydrogen-bond donors (Lipinski definition) is 1. The van der Waals surface area contributed by atoms with Gasteiger partial charge in [0.2, 0.25) is 0 Å². The van der Waals surface area contributed by atoms with E-state index in [-0.39, 0.29) is 11.3 Å². The second-order valence-electron chi connectivity index (χ2n) is 4.69. The molecule has 0 bridgehead atoms. The minimum Gasteiger partial charge on any atom is -0.441 e. The van der Waals surface area contributed by atoms with Crippen molar-refractivity contribution in [1.29, 1.82) is 0 Å². The molecule has 2 aromatic rings. The molecule has 6 heteroatoms. The molecule has 0 fully saturated rings. The highest BCUT2D eigenvalue weighted by Gasteiger charge is 2.17. The molecule has 0 aliphatic heterocycles. The molecule has 0 aliphatic carbocycles. The number of oxazole rings is 1. The van der Waals surface area contributed by atoms with Crippen molar-refractivity contribution in [3.8, 4) is 11.3 Å². The highest BCUT2D eigenvalue weighted by molar-refractivity contribution is 5.57. The molecule has 0 atom stereocenters. The summed E-state index contributed by atoms with van der Waals surface area (Å²) in [4.78, 5) is 4.03. The Hall–Kier alpha value is -1.82. The van der Waals surface area contributed by atoms with E-state index in [1.165, 1.54) is 6.20 Å². The number of aromatic nitrogens is 1. The summed E-state index contributed by atoms with van der Waals surface area (Å²) in [5.41, 5.74) is -0.128. The Kier molecular flexibility index (Phi) is 5.38. The SMILES string of the molecule is CCCNCCCc1ncc(-c2ccc(F)c(F)c2F)o1. The molecule has 1 N–H and O–H groups in total. The normalized spacial score (nSPS) is 11.0. The van der Waals surface area contributed by atoms with Gasteiger partial charge in [-0.2, -0.15) is 0 Å². The first-order valence-electron chi connectivity index (χ1n) is 6.92. The maximum atomic E-state index is 13.6. The second-order valence-corrected chi connectivity index (χ2v) is 4.69. The van der Waals surface area contributed by atoms with Crippen LogP contribution in [0.1, 0.15) is 25.7 Å². The molecule has 21 heavy (non-hydrogen) atoms. The topological polar surface area (TPSA) is 38.1 Å². The molecule has 1 aromatic carbocycles. The van der Waals surface area contributed by atoms with E-state index in [1.54, 1.807) is 0 Å². The number of halogens is 3. The summed E-state index contributed by atoms with van der Waals surface area (Å²) in [6.45, 7) is 3.88. The van der Waals surface area contributed by atoms with Gasteiger partial charge in [0.25, 0.3) is 0 Å². The molecule has 0 spiro atoms. The standard InChI is InChI=1S/C15H17F3N2O/c1-2-7-19-8-3-4-13-20-9-12(21-13)10-5-6-11(16)15(18)14(10)17/h5-6,9,19H,2-4,7-8H2,1H3. The quantitative estimate of drug-likeness (QED) is 0.626. The van der Waals surface area contributed by atoms with E-state index in [9.17, 15) is 13.2 Å². The maximum Gasteiger partial charge on any atom is 0.195 e. The highest BCUT2D eigenvalue weighted by atomic mass is 19.2. The molecule has 0 unspecified atom stereocenters. The first-order valence-corrected chi connectivity index (χ1v) is 6.92. The summed E-state index contributed by atoms with van der Waals surface area (Å²) in [5, 5.41) is 3.25. The van der Waals surface area contributed by atoms with Crippen LogP contribution in [-0.4, -0.2) is 18.1 Å². The van der Waals surface area contributed by atoms with E-state index in [2.05, 4.69) is 17.2 Å². The number of benzene rings is 1. The third-order valence-electron chi connectivity index (χ3n) is 3.03. The summed E-state index contributed by atoms with van der Waals surface area (Å²) in [7, 11) is 0. The molecule has 0 saturated heterocycles. The Bertz CT molecular complexity index is 599. The molecule has 3 nitrogen and oxygen atoms in total. The van der Waals surface area contributed by atoms with Crippen LogP contribution in [0.5, 0.6) is 0 Å². The fourth-order valence-corrected chi connectivity index (χ4v) is 1.93. The molecule has 0 saturated carbocycles. The molecule has 114 valence electrons. The Labute approximate surface area is 121 Å². The van der Waals surface area contributed by atoms with Crippen LogP contribution in [0.25, 0.3) is 11.3 Å². The van der Waals surface area contributed by atoms with Crippen LogP contribution in [-0.2, 0) is 6.42 Å². The molecule has 0 radical (unpaired) electrons. The Balaban J connectivity index is 2.01. The Morgan fingerprint density at radius 1 is 1.14 bits per heavy atom. The fraction of sp³-hybridized carbons (Fsp3) is 0.400. The number of rotatable bonds is 7. The van der Waals surface area contributed by atoms with Crippen LogP contribution in [0.2, 0.25) is 0 Å². The fourth-order valence-electron chi connectivity index (χ4n) is 1.93. The first-order chi connectivity index (χ1) is 10.1. The smallest absolute Gasteiger partial charge is 0.195 e. The zero-order valence-corrected chi connectivity index (χ0v) is 11.8. The summed E-state index contributed by atoms with van der Waals surface area (Å²) in [6, 6.07) is 2.01. The molecule has 1 aromatic heterocycles. The van der Waals surface area contributed by atoms with Gasteiger partial charge in [0.05, 0.1) is 11.8 Å². The van der Waals surface area contributed by atoms with Gasteiger partial charge in [0, 0.05) is 6.42 Å². The van der Waals surface area contributed by atoms with Crippen molar-refractivity contribution >= 4 is 0 Å². The molecular weight excluding hydrogens is 281 g/mol. The minimum atomic E-state index is -1.51. The average Bonchev–Trinajstić information content (AvgIpc) is 2.93. The summed E-state index contributed by atoms with van der Waals surface area (Å²) >= 11 is 0. The minimum absolute atomic E-state index is 0.0999. The molecule has 1 heterocycles. The van der Waals surface area contributed by atoms with Gasteiger partial charge in [0.15, 0.2) is 29.1 Å². The summed E-state index contributed by atoms with van der Waals surface area (Å²) in [6.07, 6.45) is 3.82. The van der Waals surface area contributed by atoms with Crippen LogP contribution in [0, 0.1) is 17.5 Å². The highest BCUT2D eigenvalue weighted by Crippen LogP contribution is 2.26. The van der Waals surface area contributed by atoms with Crippen LogP contribution in [0.3, 0.4) is 0 Å². The van der Waals surface area contributed by atoms with Crippen LogP contribution in [0.4, 0.5) is 13.2 Å². The van der Waals surface area contributed by atoms with Crippen molar-refractivity contribution < 1.29 is 17.6 Å². The van der Waals surface area contributed by atoms with E-state index >= 15 is 0 Å². The van der Waals surface area contributed by atoms with E-state index in [0.717, 1.165) is 38.1 Å². The zero-order valence-electron chi connectivity index (χ0n) is 11.8. The van der Waals surface area contributed by atoms with Gasteiger partial charge in [-0.15, -0.1) is 0 Å². The third-order valence-corrected chi connectivity index (χ3v) is 3.03. The predicted molar refractivity (Wildman–Crippen MR) is 73.3 cm³/mol. The number of aryl methyl sites for hydroxylation is 1. The lowest BCUT2D eigenvalue weighted by atomic mass is 10.1. The van der Waals surface area contributed by atoms with Gasteiger partial charge >= 0.3 is 0 Å². The second kappa shape index (κ2) is 7.26. The van der Waals surface area contributed by atoms with Crippen molar-refractivity contribution in [2.75, 3.05) is 13.1 Å². The van der Waals surface area contributed by atoms with E-state index in [1.807, 2.05) is 0 Å². The van der Waals surface area contributed by atoms with Gasteiger partial charge in [0.1, 0.15) is 0 Å². The maximum absolute atomic E-state index is 13.6. The van der Waals surface area contributed by atoms with Crippen LogP contribution >= 0.6 is 0 Å². The van der Waals surface area contributed by atoms with Gasteiger partial charge in [-0.1, -0.05) is 6.92 Å². The molecular formula is C15H17F3N2O. The van der Waals surface area contributed by atoms with Crippen LogP contribution < -0.4 is 5.32 Å². The lowest BCUT2D eigenvalue weighted by Gasteiger charge is -2.02. The van der Waals surface area contributed by atoms with Gasteiger partial charge < -0.3 is 9.73 Å². The lowest BCUT2D eigenvalue weighted by molar-refractivity contribution is 0.443. The monoisotopic (exact) mass is 298 g/mol. The number of hydrogen-bond acceptors (Lipinski definition) is 3. The average molecular weight is 298 g/mol. The van der Waals surface area contributed by atoms with Crippen molar-refractivity contribution in [3.63, 3.8) is 0 Å². The van der Waals surface area contributed by atoms with Gasteiger partial charge in [-0.25, -0.2) is 18.2 Å².